The number of hydrogen-bond acceptors (Lipinski definition) is 3. The van der Waals surface area contributed by atoms with Crippen molar-refractivity contribution in [2.45, 2.75) is 51.4 Å². The van der Waals surface area contributed by atoms with Crippen LogP contribution in [0.15, 0.2) is 24.3 Å². The molecule has 0 bridgehead atoms. The molecule has 136 valence electrons. The molecule has 2 fully saturated rings. The summed E-state index contributed by atoms with van der Waals surface area (Å²) in [5.41, 5.74) is 2.33. The summed E-state index contributed by atoms with van der Waals surface area (Å²) in [6.07, 6.45) is 2.87. The second-order valence-corrected chi connectivity index (χ2v) is 8.57. The van der Waals surface area contributed by atoms with Crippen LogP contribution in [-0.4, -0.2) is 46.5 Å². The third kappa shape index (κ3) is 3.86. The zero-order valence-electron chi connectivity index (χ0n) is 15.4. The van der Waals surface area contributed by atoms with Crippen LogP contribution < -0.4 is 0 Å². The lowest BCUT2D eigenvalue weighted by molar-refractivity contribution is -0.144. The van der Waals surface area contributed by atoms with E-state index in [1.54, 1.807) is 11.8 Å². The lowest BCUT2D eigenvalue weighted by atomic mass is 9.99. The van der Waals surface area contributed by atoms with Crippen LogP contribution in [0.5, 0.6) is 0 Å². The molecule has 2 amide bonds. The fraction of sp³-hybridized carbons (Fsp3) is 0.600. The molecule has 5 heteroatoms. The molecule has 0 saturated carbocycles. The van der Waals surface area contributed by atoms with Crippen molar-refractivity contribution in [2.75, 3.05) is 18.8 Å². The van der Waals surface area contributed by atoms with Crippen molar-refractivity contribution >= 4 is 23.6 Å². The monoisotopic (exact) mass is 360 g/mol. The first kappa shape index (κ1) is 18.3. The van der Waals surface area contributed by atoms with Gasteiger partial charge in [0.1, 0.15) is 11.4 Å². The molecule has 2 atom stereocenters. The van der Waals surface area contributed by atoms with Gasteiger partial charge in [-0.1, -0.05) is 38.1 Å². The standard InChI is InChI=1S/C20H28N2O2S/c1-14(2)12-17(19(24)21-10-6-7-11-21)22-18(23)13-25-20(22)16-9-5-4-8-15(16)3/h4-5,8-9,14,17,20H,6-7,10-13H2,1-3H3/t17-,20-/m1/s1. The summed E-state index contributed by atoms with van der Waals surface area (Å²) >= 11 is 1.65. The molecule has 3 rings (SSSR count). The van der Waals surface area contributed by atoms with E-state index in [1.165, 1.54) is 5.56 Å². The van der Waals surface area contributed by atoms with Crippen LogP contribution in [0.3, 0.4) is 0 Å². The smallest absolute Gasteiger partial charge is 0.245 e. The summed E-state index contributed by atoms with van der Waals surface area (Å²) < 4.78 is 0. The fourth-order valence-electron chi connectivity index (χ4n) is 3.80. The lowest BCUT2D eigenvalue weighted by Gasteiger charge is -2.35. The maximum absolute atomic E-state index is 13.2. The highest BCUT2D eigenvalue weighted by Crippen LogP contribution is 2.42. The Morgan fingerprint density at radius 2 is 1.92 bits per heavy atom. The van der Waals surface area contributed by atoms with Crippen molar-refractivity contribution < 1.29 is 9.59 Å². The number of hydrogen-bond donors (Lipinski definition) is 0. The van der Waals surface area contributed by atoms with Gasteiger partial charge in [0, 0.05) is 13.1 Å². The molecular weight excluding hydrogens is 332 g/mol. The summed E-state index contributed by atoms with van der Waals surface area (Å²) in [6, 6.07) is 7.86. The molecule has 2 aliphatic heterocycles. The predicted molar refractivity (Wildman–Crippen MR) is 102 cm³/mol. The van der Waals surface area contributed by atoms with Gasteiger partial charge in [-0.2, -0.15) is 0 Å². The Morgan fingerprint density at radius 1 is 1.24 bits per heavy atom. The van der Waals surface area contributed by atoms with Crippen LogP contribution in [-0.2, 0) is 9.59 Å². The molecule has 2 saturated heterocycles. The molecule has 0 spiro atoms. The van der Waals surface area contributed by atoms with Crippen LogP contribution in [0, 0.1) is 12.8 Å². The van der Waals surface area contributed by atoms with Gasteiger partial charge in [-0.05, 0) is 43.2 Å². The largest absolute Gasteiger partial charge is 0.341 e. The van der Waals surface area contributed by atoms with Gasteiger partial charge < -0.3 is 9.80 Å². The minimum absolute atomic E-state index is 0.0518. The zero-order chi connectivity index (χ0) is 18.0. The van der Waals surface area contributed by atoms with Gasteiger partial charge >= 0.3 is 0 Å². The van der Waals surface area contributed by atoms with E-state index >= 15 is 0 Å². The van der Waals surface area contributed by atoms with Crippen molar-refractivity contribution in [1.82, 2.24) is 9.80 Å². The zero-order valence-corrected chi connectivity index (χ0v) is 16.2. The second-order valence-electron chi connectivity index (χ2n) is 7.50. The molecule has 4 nitrogen and oxygen atoms in total. The molecule has 2 heterocycles. The van der Waals surface area contributed by atoms with E-state index in [0.29, 0.717) is 11.7 Å². The molecule has 0 N–H and O–H groups in total. The second kappa shape index (κ2) is 7.81. The molecular formula is C20H28N2O2S. The summed E-state index contributed by atoms with van der Waals surface area (Å²) in [4.78, 5) is 29.8. The fourth-order valence-corrected chi connectivity index (χ4v) is 5.12. The van der Waals surface area contributed by atoms with Crippen molar-refractivity contribution in [2.24, 2.45) is 5.92 Å². The summed E-state index contributed by atoms with van der Waals surface area (Å²) in [7, 11) is 0. The highest BCUT2D eigenvalue weighted by atomic mass is 32.2. The predicted octanol–water partition coefficient (Wildman–Crippen LogP) is 3.61. The number of nitrogens with zero attached hydrogens (tertiary/aromatic N) is 2. The molecule has 2 aliphatic rings. The minimum atomic E-state index is -0.342. The number of rotatable bonds is 5. The SMILES string of the molecule is Cc1ccccc1[C@H]1SCC(=O)N1[C@H](CC(C)C)C(=O)N1CCCC1. The van der Waals surface area contributed by atoms with Crippen LogP contribution >= 0.6 is 11.8 Å². The average molecular weight is 361 g/mol. The number of aryl methyl sites for hydroxylation is 1. The number of thioether (sulfide) groups is 1. The molecule has 0 radical (unpaired) electrons. The summed E-state index contributed by atoms with van der Waals surface area (Å²) in [5.74, 6) is 1.06. The van der Waals surface area contributed by atoms with Gasteiger partial charge in [0.25, 0.3) is 0 Å². The summed E-state index contributed by atoms with van der Waals surface area (Å²) in [6.45, 7) is 7.99. The first-order valence-corrected chi connectivity index (χ1v) is 10.3. The average Bonchev–Trinajstić information content (AvgIpc) is 3.22. The van der Waals surface area contributed by atoms with Crippen molar-refractivity contribution in [1.29, 1.82) is 0 Å². The molecule has 0 aliphatic carbocycles. The maximum atomic E-state index is 13.2. The van der Waals surface area contributed by atoms with E-state index in [1.807, 2.05) is 21.9 Å². The molecule has 0 aromatic heterocycles. The van der Waals surface area contributed by atoms with E-state index < -0.39 is 0 Å². The van der Waals surface area contributed by atoms with Crippen LogP contribution in [0.2, 0.25) is 0 Å². The first-order chi connectivity index (χ1) is 12.0. The third-order valence-electron chi connectivity index (χ3n) is 5.09. The Balaban J connectivity index is 1.92. The molecule has 1 aromatic carbocycles. The number of amides is 2. The Bertz CT molecular complexity index is 640. The number of carbonyl (C=O) groups is 2. The van der Waals surface area contributed by atoms with Gasteiger partial charge in [0.05, 0.1) is 5.75 Å². The van der Waals surface area contributed by atoms with E-state index in [2.05, 4.69) is 32.9 Å². The van der Waals surface area contributed by atoms with Gasteiger partial charge in [0.2, 0.25) is 11.8 Å². The van der Waals surface area contributed by atoms with E-state index in [-0.39, 0.29) is 23.2 Å². The minimum Gasteiger partial charge on any atom is -0.341 e. The topological polar surface area (TPSA) is 40.6 Å². The highest BCUT2D eigenvalue weighted by molar-refractivity contribution is 8.00. The Morgan fingerprint density at radius 3 is 2.56 bits per heavy atom. The van der Waals surface area contributed by atoms with Crippen LogP contribution in [0.1, 0.15) is 49.6 Å². The van der Waals surface area contributed by atoms with Crippen molar-refractivity contribution in [3.63, 3.8) is 0 Å². The van der Waals surface area contributed by atoms with Crippen LogP contribution in [0.4, 0.5) is 0 Å². The lowest BCUT2D eigenvalue weighted by Crippen LogP contribution is -2.50. The van der Waals surface area contributed by atoms with Gasteiger partial charge in [-0.25, -0.2) is 0 Å². The maximum Gasteiger partial charge on any atom is 0.245 e. The van der Waals surface area contributed by atoms with Gasteiger partial charge in [0.15, 0.2) is 0 Å². The Labute approximate surface area is 154 Å². The first-order valence-electron chi connectivity index (χ1n) is 9.26. The number of likely N-dealkylation sites (tertiary alicyclic amines) is 1. The Kier molecular flexibility index (Phi) is 5.72. The van der Waals surface area contributed by atoms with Gasteiger partial charge in [-0.15, -0.1) is 11.8 Å². The third-order valence-corrected chi connectivity index (χ3v) is 6.30. The van der Waals surface area contributed by atoms with E-state index in [0.717, 1.165) is 37.9 Å². The number of carbonyl (C=O) groups excluding carboxylic acids is 2. The highest BCUT2D eigenvalue weighted by Gasteiger charge is 2.42. The summed E-state index contributed by atoms with van der Waals surface area (Å²) in [5, 5.41) is -0.0518. The quantitative estimate of drug-likeness (QED) is 0.805. The molecule has 0 unspecified atom stereocenters. The normalized spacial score (nSPS) is 22.1. The molecule has 1 aromatic rings. The Hall–Kier alpha value is -1.49. The number of benzene rings is 1. The van der Waals surface area contributed by atoms with E-state index in [4.69, 9.17) is 0 Å². The van der Waals surface area contributed by atoms with Crippen molar-refractivity contribution in [3.8, 4) is 0 Å². The molecule has 25 heavy (non-hydrogen) atoms. The van der Waals surface area contributed by atoms with Gasteiger partial charge in [-0.3, -0.25) is 9.59 Å². The van der Waals surface area contributed by atoms with Crippen LogP contribution in [0.25, 0.3) is 0 Å². The van der Waals surface area contributed by atoms with Crippen molar-refractivity contribution in [3.05, 3.63) is 35.4 Å². The van der Waals surface area contributed by atoms with E-state index in [9.17, 15) is 9.59 Å².